The molecule has 2 rings (SSSR count). The lowest BCUT2D eigenvalue weighted by Gasteiger charge is -2.08. The molecule has 0 atom stereocenters. The molecule has 0 spiro atoms. The fourth-order valence-electron chi connectivity index (χ4n) is 1.91. The van der Waals surface area contributed by atoms with Gasteiger partial charge < -0.3 is 10.4 Å². The molecule has 0 aliphatic rings. The molecule has 2 aromatic carbocycles. The maximum atomic E-state index is 12.2. The molecular weight excluding hydrogens is 368 g/mol. The molecule has 0 aliphatic heterocycles. The summed E-state index contributed by atoms with van der Waals surface area (Å²) in [6, 6.07) is 11.9. The van der Waals surface area contributed by atoms with E-state index in [1.807, 2.05) is 0 Å². The van der Waals surface area contributed by atoms with Crippen LogP contribution in [0.15, 0.2) is 53.4 Å². The molecule has 0 unspecified atom stereocenters. The van der Waals surface area contributed by atoms with Gasteiger partial charge in [-0.25, -0.2) is 13.1 Å². The first-order chi connectivity index (χ1) is 11.8. The van der Waals surface area contributed by atoms with Crippen LogP contribution in [0.5, 0.6) is 0 Å². The lowest BCUT2D eigenvalue weighted by Crippen LogP contribution is -2.29. The Bertz CT molecular complexity index is 864. The molecule has 0 radical (unpaired) electrons. The summed E-state index contributed by atoms with van der Waals surface area (Å²) >= 11 is 5.73. The van der Waals surface area contributed by atoms with Gasteiger partial charge in [-0.1, -0.05) is 23.7 Å². The van der Waals surface area contributed by atoms with Gasteiger partial charge in [-0.2, -0.15) is 0 Å². The Labute approximate surface area is 149 Å². The first-order valence-electron chi connectivity index (χ1n) is 7.12. The number of carboxylic acid groups (broad SMARTS) is 1. The Hall–Kier alpha value is -2.42. The van der Waals surface area contributed by atoms with E-state index in [0.29, 0.717) is 10.6 Å². The zero-order chi connectivity index (χ0) is 18.4. The number of halogens is 1. The monoisotopic (exact) mass is 382 g/mol. The van der Waals surface area contributed by atoms with Gasteiger partial charge in [0, 0.05) is 17.1 Å². The summed E-state index contributed by atoms with van der Waals surface area (Å²) in [6.45, 7) is -0.427. The minimum atomic E-state index is -3.67. The molecule has 0 saturated carbocycles. The van der Waals surface area contributed by atoms with E-state index >= 15 is 0 Å². The summed E-state index contributed by atoms with van der Waals surface area (Å²) in [6.07, 6.45) is 0. The van der Waals surface area contributed by atoms with Gasteiger partial charge in [0.25, 0.3) is 5.91 Å². The van der Waals surface area contributed by atoms with E-state index in [0.717, 1.165) is 0 Å². The molecule has 0 saturated heterocycles. The van der Waals surface area contributed by atoms with Crippen molar-refractivity contribution in [1.29, 1.82) is 0 Å². The quantitative estimate of drug-likeness (QED) is 0.673. The highest BCUT2D eigenvalue weighted by Gasteiger charge is 2.13. The highest BCUT2D eigenvalue weighted by atomic mass is 35.5. The zero-order valence-electron chi connectivity index (χ0n) is 12.9. The average Bonchev–Trinajstić information content (AvgIpc) is 2.59. The molecule has 0 heterocycles. The molecule has 7 nitrogen and oxygen atoms in total. The summed E-state index contributed by atoms with van der Waals surface area (Å²) in [5.74, 6) is -1.66. The smallest absolute Gasteiger partial charge is 0.322 e. The molecule has 25 heavy (non-hydrogen) atoms. The molecule has 0 bridgehead atoms. The first-order valence-corrected chi connectivity index (χ1v) is 8.98. The van der Waals surface area contributed by atoms with Crippen LogP contribution in [0.2, 0.25) is 5.02 Å². The molecule has 2 aromatic rings. The second-order valence-corrected chi connectivity index (χ2v) is 7.26. The second-order valence-electron chi connectivity index (χ2n) is 5.05. The number of carbonyl (C=O) groups is 2. The summed E-state index contributed by atoms with van der Waals surface area (Å²) < 4.78 is 26.8. The summed E-state index contributed by atoms with van der Waals surface area (Å²) in [5, 5.41) is 11.2. The maximum Gasteiger partial charge on any atom is 0.322 e. The lowest BCUT2D eigenvalue weighted by molar-refractivity contribution is -0.135. The number of hydrogen-bond donors (Lipinski definition) is 3. The molecule has 0 aromatic heterocycles. The Kier molecular flexibility index (Phi) is 6.13. The number of aliphatic carboxylic acids is 1. The maximum absolute atomic E-state index is 12.2. The zero-order valence-corrected chi connectivity index (χ0v) is 14.5. The largest absolute Gasteiger partial charge is 0.480 e. The topological polar surface area (TPSA) is 113 Å². The Morgan fingerprint density at radius 3 is 2.16 bits per heavy atom. The number of rotatable bonds is 7. The van der Waals surface area contributed by atoms with E-state index < -0.39 is 28.4 Å². The van der Waals surface area contributed by atoms with Crippen LogP contribution in [0, 0.1) is 0 Å². The van der Waals surface area contributed by atoms with Crippen LogP contribution < -0.4 is 10.0 Å². The minimum Gasteiger partial charge on any atom is -0.480 e. The van der Waals surface area contributed by atoms with Crippen molar-refractivity contribution in [3.8, 4) is 0 Å². The van der Waals surface area contributed by atoms with Crippen molar-refractivity contribution in [3.63, 3.8) is 0 Å². The van der Waals surface area contributed by atoms with Crippen molar-refractivity contribution in [3.05, 3.63) is 64.7 Å². The van der Waals surface area contributed by atoms with Crippen LogP contribution in [-0.4, -0.2) is 31.9 Å². The summed E-state index contributed by atoms with van der Waals surface area (Å²) in [5.41, 5.74) is 0.929. The predicted octanol–water partition coefficient (Wildman–Crippen LogP) is 1.63. The van der Waals surface area contributed by atoms with E-state index in [1.54, 1.807) is 12.1 Å². The fourth-order valence-corrected chi connectivity index (χ4v) is 3.05. The third-order valence-corrected chi connectivity index (χ3v) is 4.88. The first kappa shape index (κ1) is 18.9. The third-order valence-electron chi connectivity index (χ3n) is 3.21. The van der Waals surface area contributed by atoms with E-state index in [-0.39, 0.29) is 17.0 Å². The fraction of sp³-hybridized carbons (Fsp3) is 0.125. The molecule has 3 N–H and O–H groups in total. The molecule has 9 heteroatoms. The normalized spacial score (nSPS) is 11.1. The van der Waals surface area contributed by atoms with Gasteiger partial charge in [-0.3, -0.25) is 9.59 Å². The SMILES string of the molecule is O=C(O)CNC(=O)c1ccc(CNS(=O)(=O)c2ccc(Cl)cc2)cc1. The van der Waals surface area contributed by atoms with Crippen molar-refractivity contribution in [2.24, 2.45) is 0 Å². The van der Waals surface area contributed by atoms with Gasteiger partial charge in [0.2, 0.25) is 10.0 Å². The van der Waals surface area contributed by atoms with Crippen molar-refractivity contribution in [2.45, 2.75) is 11.4 Å². The average molecular weight is 383 g/mol. The van der Waals surface area contributed by atoms with Gasteiger partial charge in [0.15, 0.2) is 0 Å². The number of carbonyl (C=O) groups excluding carboxylic acids is 1. The highest BCUT2D eigenvalue weighted by Crippen LogP contribution is 2.14. The van der Waals surface area contributed by atoms with Gasteiger partial charge in [-0.05, 0) is 42.0 Å². The molecule has 132 valence electrons. The van der Waals surface area contributed by atoms with Crippen LogP contribution in [0.3, 0.4) is 0 Å². The Morgan fingerprint density at radius 1 is 1.00 bits per heavy atom. The highest BCUT2D eigenvalue weighted by molar-refractivity contribution is 7.89. The lowest BCUT2D eigenvalue weighted by atomic mass is 10.1. The Balaban J connectivity index is 1.98. The van der Waals surface area contributed by atoms with Gasteiger partial charge in [-0.15, -0.1) is 0 Å². The van der Waals surface area contributed by atoms with E-state index in [9.17, 15) is 18.0 Å². The predicted molar refractivity (Wildman–Crippen MR) is 91.9 cm³/mol. The number of hydrogen-bond acceptors (Lipinski definition) is 4. The number of benzene rings is 2. The van der Waals surface area contributed by atoms with Crippen molar-refractivity contribution in [2.75, 3.05) is 6.54 Å². The molecule has 0 fully saturated rings. The van der Waals surface area contributed by atoms with E-state index in [1.165, 1.54) is 36.4 Å². The van der Waals surface area contributed by atoms with Gasteiger partial charge in [0.1, 0.15) is 6.54 Å². The number of nitrogens with one attached hydrogen (secondary N) is 2. The van der Waals surface area contributed by atoms with Crippen LogP contribution in [-0.2, 0) is 21.4 Å². The van der Waals surface area contributed by atoms with Crippen molar-refractivity contribution < 1.29 is 23.1 Å². The van der Waals surface area contributed by atoms with Crippen LogP contribution in [0.25, 0.3) is 0 Å². The van der Waals surface area contributed by atoms with E-state index in [4.69, 9.17) is 16.7 Å². The van der Waals surface area contributed by atoms with Crippen LogP contribution in [0.4, 0.5) is 0 Å². The van der Waals surface area contributed by atoms with Crippen LogP contribution >= 0.6 is 11.6 Å². The van der Waals surface area contributed by atoms with Crippen molar-refractivity contribution in [1.82, 2.24) is 10.0 Å². The summed E-state index contributed by atoms with van der Waals surface area (Å²) in [4.78, 5) is 22.2. The van der Waals surface area contributed by atoms with Crippen LogP contribution in [0.1, 0.15) is 15.9 Å². The standard InChI is InChI=1S/C16H15ClN2O5S/c17-13-5-7-14(8-6-13)25(23,24)19-9-11-1-3-12(4-2-11)16(22)18-10-15(20)21/h1-8,19H,9-10H2,(H,18,22)(H,20,21). The summed E-state index contributed by atoms with van der Waals surface area (Å²) in [7, 11) is -3.67. The number of amides is 1. The second kappa shape index (κ2) is 8.11. The van der Waals surface area contributed by atoms with E-state index in [2.05, 4.69) is 10.0 Å². The molecule has 0 aliphatic carbocycles. The molecule has 1 amide bonds. The van der Waals surface area contributed by atoms with Gasteiger partial charge in [0.05, 0.1) is 4.90 Å². The third kappa shape index (κ3) is 5.56. The Morgan fingerprint density at radius 2 is 1.60 bits per heavy atom. The number of carboxylic acids is 1. The number of sulfonamides is 1. The van der Waals surface area contributed by atoms with Gasteiger partial charge >= 0.3 is 5.97 Å². The van der Waals surface area contributed by atoms with Crippen molar-refractivity contribution >= 4 is 33.5 Å². The minimum absolute atomic E-state index is 0.0436. The molecular formula is C16H15ClN2O5S.